The Morgan fingerprint density at radius 2 is 1.78 bits per heavy atom. The van der Waals surface area contributed by atoms with E-state index < -0.39 is 15.9 Å². The molecular formula is C19H17ClN2O4S. The molecule has 0 radical (unpaired) electrons. The molecule has 3 aromatic rings. The van der Waals surface area contributed by atoms with Crippen molar-refractivity contribution in [3.63, 3.8) is 0 Å². The zero-order valence-corrected chi connectivity index (χ0v) is 16.2. The first kappa shape index (κ1) is 19.0. The highest BCUT2D eigenvalue weighted by Gasteiger charge is 2.19. The normalized spacial score (nSPS) is 11.2. The zero-order valence-electron chi connectivity index (χ0n) is 14.6. The van der Waals surface area contributed by atoms with E-state index in [9.17, 15) is 13.2 Å². The first-order valence-electron chi connectivity index (χ1n) is 8.01. The van der Waals surface area contributed by atoms with Gasteiger partial charge in [0, 0.05) is 10.7 Å². The first-order chi connectivity index (χ1) is 12.7. The van der Waals surface area contributed by atoms with Crippen LogP contribution in [-0.2, 0) is 10.0 Å². The van der Waals surface area contributed by atoms with Crippen molar-refractivity contribution in [2.24, 2.45) is 0 Å². The number of carbonyl (C=O) groups excluding carboxylic acids is 1. The van der Waals surface area contributed by atoms with Gasteiger partial charge in [0.05, 0.1) is 10.6 Å². The molecule has 2 N–H and O–H groups in total. The van der Waals surface area contributed by atoms with Crippen molar-refractivity contribution < 1.29 is 17.6 Å². The number of nitrogens with one attached hydrogen (secondary N) is 2. The third-order valence-corrected chi connectivity index (χ3v) is 5.53. The van der Waals surface area contributed by atoms with Crippen LogP contribution in [0.5, 0.6) is 0 Å². The van der Waals surface area contributed by atoms with Gasteiger partial charge in [0.2, 0.25) is 0 Å². The largest absolute Gasteiger partial charge is 0.456 e. The molecule has 1 amide bonds. The van der Waals surface area contributed by atoms with Gasteiger partial charge >= 0.3 is 0 Å². The van der Waals surface area contributed by atoms with Gasteiger partial charge in [-0.15, -0.1) is 0 Å². The van der Waals surface area contributed by atoms with Gasteiger partial charge in [-0.05, 0) is 61.9 Å². The summed E-state index contributed by atoms with van der Waals surface area (Å²) in [7, 11) is -3.86. The van der Waals surface area contributed by atoms with Crippen LogP contribution >= 0.6 is 11.6 Å². The number of anilines is 2. The van der Waals surface area contributed by atoms with Crippen LogP contribution in [0.25, 0.3) is 0 Å². The maximum Gasteiger partial charge on any atom is 0.291 e. The lowest BCUT2D eigenvalue weighted by atomic mass is 10.2. The number of sulfonamides is 1. The molecule has 140 valence electrons. The minimum absolute atomic E-state index is 0.0518. The highest BCUT2D eigenvalue weighted by atomic mass is 35.5. The third kappa shape index (κ3) is 4.50. The molecule has 6 nitrogen and oxygen atoms in total. The molecule has 0 fully saturated rings. The van der Waals surface area contributed by atoms with Gasteiger partial charge in [0.15, 0.2) is 5.76 Å². The molecule has 3 rings (SSSR count). The summed E-state index contributed by atoms with van der Waals surface area (Å²) in [5, 5.41) is 3.06. The lowest BCUT2D eigenvalue weighted by molar-refractivity contribution is 0.0995. The van der Waals surface area contributed by atoms with Gasteiger partial charge < -0.3 is 9.73 Å². The summed E-state index contributed by atoms with van der Waals surface area (Å²) in [5.74, 6) is 0.297. The van der Waals surface area contributed by atoms with Gasteiger partial charge in [-0.2, -0.15) is 0 Å². The van der Waals surface area contributed by atoms with E-state index in [-0.39, 0.29) is 10.7 Å². The smallest absolute Gasteiger partial charge is 0.291 e. The molecule has 0 bridgehead atoms. The molecule has 0 aliphatic carbocycles. The number of hydrogen-bond donors (Lipinski definition) is 2. The van der Waals surface area contributed by atoms with E-state index in [1.807, 2.05) is 0 Å². The maximum atomic E-state index is 12.8. The third-order valence-electron chi connectivity index (χ3n) is 3.78. The van der Waals surface area contributed by atoms with Crippen LogP contribution in [0, 0.1) is 13.8 Å². The molecule has 2 aromatic carbocycles. The average Bonchev–Trinajstić information content (AvgIpc) is 3.02. The fourth-order valence-corrected chi connectivity index (χ4v) is 3.99. The minimum Gasteiger partial charge on any atom is -0.456 e. The van der Waals surface area contributed by atoms with Crippen LogP contribution in [0.15, 0.2) is 63.9 Å². The highest BCUT2D eigenvalue weighted by Crippen LogP contribution is 2.24. The topological polar surface area (TPSA) is 88.4 Å². The molecule has 27 heavy (non-hydrogen) atoms. The molecular weight excluding hydrogens is 388 g/mol. The van der Waals surface area contributed by atoms with E-state index in [0.717, 1.165) is 0 Å². The average molecular weight is 405 g/mol. The van der Waals surface area contributed by atoms with Crippen molar-refractivity contribution in [2.45, 2.75) is 18.7 Å². The van der Waals surface area contributed by atoms with E-state index in [2.05, 4.69) is 10.0 Å². The van der Waals surface area contributed by atoms with Crippen molar-refractivity contribution >= 4 is 38.9 Å². The van der Waals surface area contributed by atoms with Crippen LogP contribution < -0.4 is 10.0 Å². The Balaban J connectivity index is 1.87. The van der Waals surface area contributed by atoms with Gasteiger partial charge in [0.1, 0.15) is 5.76 Å². The molecule has 0 aliphatic heterocycles. The number of halogens is 1. The number of amides is 1. The van der Waals surface area contributed by atoms with Crippen LogP contribution in [-0.4, -0.2) is 14.3 Å². The number of carbonyl (C=O) groups is 1. The van der Waals surface area contributed by atoms with Crippen molar-refractivity contribution in [3.05, 3.63) is 76.7 Å². The number of benzene rings is 2. The van der Waals surface area contributed by atoms with Gasteiger partial charge in [-0.25, -0.2) is 8.42 Å². The van der Waals surface area contributed by atoms with Gasteiger partial charge in [-0.1, -0.05) is 23.7 Å². The number of aryl methyl sites for hydroxylation is 2. The predicted molar refractivity (Wildman–Crippen MR) is 105 cm³/mol. The lowest BCUT2D eigenvalue weighted by Crippen LogP contribution is -2.16. The quantitative estimate of drug-likeness (QED) is 0.650. The molecule has 8 heteroatoms. The van der Waals surface area contributed by atoms with E-state index in [1.54, 1.807) is 56.3 Å². The van der Waals surface area contributed by atoms with Crippen LogP contribution in [0.4, 0.5) is 11.4 Å². The van der Waals surface area contributed by atoms with Crippen LogP contribution in [0.2, 0.25) is 5.02 Å². The first-order valence-corrected chi connectivity index (χ1v) is 9.87. The van der Waals surface area contributed by atoms with Gasteiger partial charge in [0.25, 0.3) is 15.9 Å². The Labute approximate surface area is 162 Å². The monoisotopic (exact) mass is 404 g/mol. The van der Waals surface area contributed by atoms with Crippen molar-refractivity contribution in [2.75, 3.05) is 10.0 Å². The summed E-state index contributed by atoms with van der Waals surface area (Å²) < 4.78 is 33.3. The van der Waals surface area contributed by atoms with E-state index in [0.29, 0.717) is 27.7 Å². The summed E-state index contributed by atoms with van der Waals surface area (Å²) >= 11 is 5.90. The summed E-state index contributed by atoms with van der Waals surface area (Å²) in [6.07, 6.45) is 0. The minimum atomic E-state index is -3.86. The SMILES string of the molecule is Cc1ccc(C(=O)Nc2ccc(C)c(S(=O)(=O)Nc3cccc(Cl)c3)c2)o1. The Hall–Kier alpha value is -2.77. The highest BCUT2D eigenvalue weighted by molar-refractivity contribution is 7.92. The standard InChI is InChI=1S/C19H17ClN2O4S/c1-12-6-8-15(21-19(23)17-9-7-13(2)26-17)11-18(12)27(24,25)22-16-5-3-4-14(20)10-16/h3-11,22H,1-2H3,(H,21,23). The van der Waals surface area contributed by atoms with E-state index in [1.165, 1.54) is 12.1 Å². The maximum absolute atomic E-state index is 12.8. The Morgan fingerprint density at radius 1 is 1.00 bits per heavy atom. The van der Waals surface area contributed by atoms with Crippen molar-refractivity contribution in [1.82, 2.24) is 0 Å². The molecule has 1 aromatic heterocycles. The van der Waals surface area contributed by atoms with Crippen LogP contribution in [0.3, 0.4) is 0 Å². The molecule has 0 aliphatic rings. The molecule has 0 unspecified atom stereocenters. The second-order valence-electron chi connectivity index (χ2n) is 5.96. The number of hydrogen-bond acceptors (Lipinski definition) is 4. The Kier molecular flexibility index (Phi) is 5.25. The molecule has 0 atom stereocenters. The van der Waals surface area contributed by atoms with Crippen molar-refractivity contribution in [3.8, 4) is 0 Å². The van der Waals surface area contributed by atoms with Crippen LogP contribution in [0.1, 0.15) is 21.9 Å². The fraction of sp³-hybridized carbons (Fsp3) is 0.105. The summed E-state index contributed by atoms with van der Waals surface area (Å²) in [6.45, 7) is 3.41. The second kappa shape index (κ2) is 7.46. The Morgan fingerprint density at radius 3 is 2.44 bits per heavy atom. The molecule has 0 saturated carbocycles. The second-order valence-corrected chi connectivity index (χ2v) is 8.05. The Bertz CT molecular complexity index is 1110. The van der Waals surface area contributed by atoms with E-state index >= 15 is 0 Å². The molecule has 0 saturated heterocycles. The fourth-order valence-electron chi connectivity index (χ4n) is 2.48. The van der Waals surface area contributed by atoms with E-state index in [4.69, 9.17) is 16.0 Å². The summed E-state index contributed by atoms with van der Waals surface area (Å²) in [6, 6.07) is 14.3. The van der Waals surface area contributed by atoms with Crippen molar-refractivity contribution in [1.29, 1.82) is 0 Å². The summed E-state index contributed by atoms with van der Waals surface area (Å²) in [5.41, 5.74) is 1.23. The van der Waals surface area contributed by atoms with Gasteiger partial charge in [-0.3, -0.25) is 9.52 Å². The molecule has 1 heterocycles. The number of furan rings is 1. The molecule has 0 spiro atoms. The summed E-state index contributed by atoms with van der Waals surface area (Å²) in [4.78, 5) is 12.3. The number of rotatable bonds is 5. The lowest BCUT2D eigenvalue weighted by Gasteiger charge is -2.12. The predicted octanol–water partition coefficient (Wildman–Crippen LogP) is 4.60. The zero-order chi connectivity index (χ0) is 19.6.